The normalized spacial score (nSPS) is 9.92. The molecule has 13 heavy (non-hydrogen) atoms. The summed E-state index contributed by atoms with van der Waals surface area (Å²) in [6.45, 7) is 4.59. The molecule has 0 saturated carbocycles. The molecule has 0 unspecified atom stereocenters. The van der Waals surface area contributed by atoms with Gasteiger partial charge >= 0.3 is 0 Å². The van der Waals surface area contributed by atoms with Crippen molar-refractivity contribution < 1.29 is 4.74 Å². The molecule has 71 valence electrons. The van der Waals surface area contributed by atoms with Crippen LogP contribution in [0.5, 0.6) is 5.75 Å². The molecule has 1 aromatic rings. The predicted octanol–water partition coefficient (Wildman–Crippen LogP) is 2.85. The standard InChI is InChI=1S/C11H16NO/c1-2-3-4-5-10-13-11-6-8-12-9-7-11/h6-9H,1-5,10H2. The number of rotatable bonds is 6. The van der Waals surface area contributed by atoms with Crippen LogP contribution in [0.1, 0.15) is 25.7 Å². The summed E-state index contributed by atoms with van der Waals surface area (Å²) in [5.74, 6) is 0.907. The minimum Gasteiger partial charge on any atom is -0.493 e. The molecule has 0 aromatic carbocycles. The van der Waals surface area contributed by atoms with Gasteiger partial charge in [-0.25, -0.2) is 0 Å². The summed E-state index contributed by atoms with van der Waals surface area (Å²) < 4.78 is 5.49. The third-order valence-corrected chi connectivity index (χ3v) is 1.81. The highest BCUT2D eigenvalue weighted by Gasteiger charge is 1.91. The Kier molecular flexibility index (Phi) is 4.99. The molecule has 0 aliphatic rings. The lowest BCUT2D eigenvalue weighted by Gasteiger charge is -2.04. The minimum absolute atomic E-state index is 0.796. The molecule has 2 heteroatoms. The van der Waals surface area contributed by atoms with Crippen molar-refractivity contribution in [3.8, 4) is 5.75 Å². The third kappa shape index (κ3) is 4.51. The molecule has 2 nitrogen and oxygen atoms in total. The molecule has 1 radical (unpaired) electrons. The molecular formula is C11H16NO. The quantitative estimate of drug-likeness (QED) is 0.625. The van der Waals surface area contributed by atoms with Gasteiger partial charge < -0.3 is 4.74 Å². The number of nitrogens with zero attached hydrogens (tertiary/aromatic N) is 1. The Bertz CT molecular complexity index is 211. The highest BCUT2D eigenvalue weighted by molar-refractivity contribution is 5.16. The van der Waals surface area contributed by atoms with E-state index in [0.717, 1.165) is 25.2 Å². The van der Waals surface area contributed by atoms with Gasteiger partial charge in [0.2, 0.25) is 0 Å². The lowest BCUT2D eigenvalue weighted by molar-refractivity contribution is 0.305. The summed E-state index contributed by atoms with van der Waals surface area (Å²) in [6.07, 6.45) is 8.01. The molecule has 0 aliphatic carbocycles. The number of hydrogen-bond acceptors (Lipinski definition) is 2. The number of ether oxygens (including phenoxy) is 1. The number of hydrogen-bond donors (Lipinski definition) is 0. The van der Waals surface area contributed by atoms with Crippen molar-refractivity contribution in [1.82, 2.24) is 4.98 Å². The van der Waals surface area contributed by atoms with Gasteiger partial charge in [-0.15, -0.1) is 0 Å². The Morgan fingerprint density at radius 1 is 1.15 bits per heavy atom. The Labute approximate surface area is 80.0 Å². The van der Waals surface area contributed by atoms with Crippen LogP contribution < -0.4 is 4.74 Å². The molecule has 1 aromatic heterocycles. The summed E-state index contributed by atoms with van der Waals surface area (Å²) in [5.41, 5.74) is 0. The van der Waals surface area contributed by atoms with Gasteiger partial charge in [0.05, 0.1) is 6.61 Å². The summed E-state index contributed by atoms with van der Waals surface area (Å²) in [5, 5.41) is 0. The first-order valence-corrected chi connectivity index (χ1v) is 4.75. The molecule has 0 bridgehead atoms. The topological polar surface area (TPSA) is 22.1 Å². The van der Waals surface area contributed by atoms with Crippen LogP contribution >= 0.6 is 0 Å². The highest BCUT2D eigenvalue weighted by atomic mass is 16.5. The fourth-order valence-corrected chi connectivity index (χ4v) is 1.08. The highest BCUT2D eigenvalue weighted by Crippen LogP contribution is 2.08. The van der Waals surface area contributed by atoms with E-state index in [0.29, 0.717) is 0 Å². The second-order valence-electron chi connectivity index (χ2n) is 2.95. The van der Waals surface area contributed by atoms with E-state index in [-0.39, 0.29) is 0 Å². The zero-order valence-corrected chi connectivity index (χ0v) is 7.91. The van der Waals surface area contributed by atoms with Crippen LogP contribution in [0.4, 0.5) is 0 Å². The first-order chi connectivity index (χ1) is 6.43. The summed E-state index contributed by atoms with van der Waals surface area (Å²) in [7, 11) is 0. The second kappa shape index (κ2) is 6.46. The molecule has 0 N–H and O–H groups in total. The smallest absolute Gasteiger partial charge is 0.122 e. The first-order valence-electron chi connectivity index (χ1n) is 4.75. The average Bonchev–Trinajstić information content (AvgIpc) is 2.19. The van der Waals surface area contributed by atoms with E-state index >= 15 is 0 Å². The second-order valence-corrected chi connectivity index (χ2v) is 2.95. The van der Waals surface area contributed by atoms with Gasteiger partial charge in [-0.05, 0) is 18.6 Å². The molecule has 0 amide bonds. The van der Waals surface area contributed by atoms with Crippen molar-refractivity contribution in [2.45, 2.75) is 25.7 Å². The monoisotopic (exact) mass is 178 g/mol. The van der Waals surface area contributed by atoms with Crippen LogP contribution in [0.3, 0.4) is 0 Å². The van der Waals surface area contributed by atoms with Crippen molar-refractivity contribution >= 4 is 0 Å². The fourth-order valence-electron chi connectivity index (χ4n) is 1.08. The van der Waals surface area contributed by atoms with Crippen LogP contribution in [0.2, 0.25) is 0 Å². The first kappa shape index (κ1) is 10.0. The molecule has 0 spiro atoms. The van der Waals surface area contributed by atoms with Gasteiger partial charge in [-0.2, -0.15) is 0 Å². The zero-order valence-electron chi connectivity index (χ0n) is 7.91. The van der Waals surface area contributed by atoms with Gasteiger partial charge in [0.1, 0.15) is 5.75 Å². The van der Waals surface area contributed by atoms with Crippen molar-refractivity contribution in [3.63, 3.8) is 0 Å². The van der Waals surface area contributed by atoms with E-state index in [4.69, 9.17) is 4.74 Å². The molecule has 1 rings (SSSR count). The Morgan fingerprint density at radius 2 is 1.92 bits per heavy atom. The maximum Gasteiger partial charge on any atom is 0.122 e. The molecular weight excluding hydrogens is 162 g/mol. The largest absolute Gasteiger partial charge is 0.493 e. The SMILES string of the molecule is [CH2]CCCCCOc1ccncc1. The number of pyridine rings is 1. The van der Waals surface area contributed by atoms with Crippen molar-refractivity contribution in [3.05, 3.63) is 31.5 Å². The molecule has 1 heterocycles. The van der Waals surface area contributed by atoms with Crippen molar-refractivity contribution in [1.29, 1.82) is 0 Å². The van der Waals surface area contributed by atoms with Crippen LogP contribution in [0.15, 0.2) is 24.5 Å². The van der Waals surface area contributed by atoms with Gasteiger partial charge in [-0.1, -0.05) is 26.2 Å². The van der Waals surface area contributed by atoms with Crippen LogP contribution in [-0.2, 0) is 0 Å². The maximum atomic E-state index is 5.49. The van der Waals surface area contributed by atoms with Gasteiger partial charge in [0, 0.05) is 12.4 Å². The van der Waals surface area contributed by atoms with Crippen molar-refractivity contribution in [2.75, 3.05) is 6.61 Å². The van der Waals surface area contributed by atoms with E-state index in [1.54, 1.807) is 12.4 Å². The molecule has 0 saturated heterocycles. The molecule has 0 fully saturated rings. The summed E-state index contributed by atoms with van der Waals surface area (Å²) in [6, 6.07) is 3.75. The van der Waals surface area contributed by atoms with E-state index < -0.39 is 0 Å². The van der Waals surface area contributed by atoms with Crippen LogP contribution in [0, 0.1) is 6.92 Å². The fraction of sp³-hybridized carbons (Fsp3) is 0.455. The zero-order chi connectivity index (χ0) is 9.36. The van der Waals surface area contributed by atoms with Crippen molar-refractivity contribution in [2.24, 2.45) is 0 Å². The van der Waals surface area contributed by atoms with E-state index in [2.05, 4.69) is 11.9 Å². The number of unbranched alkanes of at least 4 members (excludes halogenated alkanes) is 3. The van der Waals surface area contributed by atoms with Crippen LogP contribution in [-0.4, -0.2) is 11.6 Å². The summed E-state index contributed by atoms with van der Waals surface area (Å²) >= 11 is 0. The predicted molar refractivity (Wildman–Crippen MR) is 53.6 cm³/mol. The molecule has 0 atom stereocenters. The minimum atomic E-state index is 0.796. The Balaban J connectivity index is 2.07. The van der Waals surface area contributed by atoms with E-state index in [9.17, 15) is 0 Å². The van der Waals surface area contributed by atoms with E-state index in [1.165, 1.54) is 12.8 Å². The average molecular weight is 178 g/mol. The Hall–Kier alpha value is -1.05. The lowest BCUT2D eigenvalue weighted by Crippen LogP contribution is -1.96. The number of aromatic nitrogens is 1. The van der Waals surface area contributed by atoms with Gasteiger partial charge in [0.15, 0.2) is 0 Å². The lowest BCUT2D eigenvalue weighted by atomic mass is 10.2. The van der Waals surface area contributed by atoms with Gasteiger partial charge in [0.25, 0.3) is 0 Å². The van der Waals surface area contributed by atoms with E-state index in [1.807, 2.05) is 12.1 Å². The summed E-state index contributed by atoms with van der Waals surface area (Å²) in [4.78, 5) is 3.91. The van der Waals surface area contributed by atoms with Crippen LogP contribution in [0.25, 0.3) is 0 Å². The maximum absolute atomic E-state index is 5.49. The third-order valence-electron chi connectivity index (χ3n) is 1.81. The van der Waals surface area contributed by atoms with Gasteiger partial charge in [-0.3, -0.25) is 4.98 Å². The Morgan fingerprint density at radius 3 is 2.62 bits per heavy atom. The molecule has 0 aliphatic heterocycles.